The van der Waals surface area contributed by atoms with Crippen molar-refractivity contribution in [2.24, 2.45) is 5.73 Å². The minimum Gasteiger partial charge on any atom is -0.392 e. The van der Waals surface area contributed by atoms with Crippen LogP contribution in [0.5, 0.6) is 0 Å². The first-order chi connectivity index (χ1) is 7.93. The van der Waals surface area contributed by atoms with Gasteiger partial charge < -0.3 is 16.2 Å². The number of hydrogen-bond acceptors (Lipinski definition) is 3. The van der Waals surface area contributed by atoms with E-state index in [-0.39, 0.29) is 17.1 Å². The molecule has 1 aromatic carbocycles. The third-order valence-corrected chi connectivity index (χ3v) is 2.62. The zero-order chi connectivity index (χ0) is 13.0. The average Bonchev–Trinajstić information content (AvgIpc) is 2.25. The van der Waals surface area contributed by atoms with E-state index in [4.69, 9.17) is 22.4 Å². The van der Waals surface area contributed by atoms with Crippen LogP contribution in [0.2, 0.25) is 5.02 Å². The van der Waals surface area contributed by atoms with E-state index in [0.717, 1.165) is 6.07 Å². The predicted molar refractivity (Wildman–Crippen MR) is 63.4 cm³/mol. The molecule has 2 unspecified atom stereocenters. The molecule has 2 atom stereocenters. The first kappa shape index (κ1) is 13.9. The summed E-state index contributed by atoms with van der Waals surface area (Å²) in [6.07, 6.45) is -0.758. The number of nitrogens with one attached hydrogen (secondary N) is 1. The van der Waals surface area contributed by atoms with Gasteiger partial charge in [-0.15, -0.1) is 0 Å². The first-order valence-electron chi connectivity index (χ1n) is 5.09. The second-order valence-corrected chi connectivity index (χ2v) is 4.12. The molecular formula is C11H14ClFN2O2. The number of aliphatic hydroxyl groups is 1. The van der Waals surface area contributed by atoms with Crippen molar-refractivity contribution in [2.75, 3.05) is 6.54 Å². The molecule has 6 heteroatoms. The topological polar surface area (TPSA) is 75.3 Å². The van der Waals surface area contributed by atoms with Crippen LogP contribution in [0.25, 0.3) is 0 Å². The fourth-order valence-electron chi connectivity index (χ4n) is 1.18. The lowest BCUT2D eigenvalue weighted by atomic mass is 10.1. The molecule has 17 heavy (non-hydrogen) atoms. The summed E-state index contributed by atoms with van der Waals surface area (Å²) >= 11 is 5.72. The summed E-state index contributed by atoms with van der Waals surface area (Å²) in [6.45, 7) is 1.55. The van der Waals surface area contributed by atoms with Crippen LogP contribution in [0, 0.1) is 5.82 Å². The number of hydrogen-bond donors (Lipinski definition) is 3. The highest BCUT2D eigenvalue weighted by Crippen LogP contribution is 2.18. The Kier molecular flexibility index (Phi) is 4.86. The van der Waals surface area contributed by atoms with Crippen LogP contribution in [0.1, 0.15) is 17.3 Å². The van der Waals surface area contributed by atoms with Crippen molar-refractivity contribution in [1.29, 1.82) is 0 Å². The normalized spacial score (nSPS) is 14.2. The van der Waals surface area contributed by atoms with Crippen molar-refractivity contribution in [2.45, 2.75) is 19.1 Å². The molecule has 4 nitrogen and oxygen atoms in total. The molecule has 0 bridgehead atoms. The number of aliphatic hydroxyl groups excluding tert-OH is 1. The summed E-state index contributed by atoms with van der Waals surface area (Å²) in [5.41, 5.74) is 5.31. The molecule has 0 aliphatic carbocycles. The largest absolute Gasteiger partial charge is 0.392 e. The van der Waals surface area contributed by atoms with E-state index in [1.54, 1.807) is 0 Å². The predicted octanol–water partition coefficient (Wildman–Crippen LogP) is 0.917. The Hall–Kier alpha value is -1.17. The lowest BCUT2D eigenvalue weighted by Crippen LogP contribution is -2.43. The average molecular weight is 261 g/mol. The quantitative estimate of drug-likeness (QED) is 0.753. The molecule has 0 saturated heterocycles. The van der Waals surface area contributed by atoms with Crippen LogP contribution >= 0.6 is 11.6 Å². The monoisotopic (exact) mass is 260 g/mol. The highest BCUT2D eigenvalue weighted by molar-refractivity contribution is 6.33. The van der Waals surface area contributed by atoms with E-state index >= 15 is 0 Å². The minimum absolute atomic E-state index is 0.0353. The third-order valence-electron chi connectivity index (χ3n) is 2.31. The highest BCUT2D eigenvalue weighted by Gasteiger charge is 2.17. The summed E-state index contributed by atoms with van der Waals surface area (Å²) in [4.78, 5) is 11.6. The van der Waals surface area contributed by atoms with Crippen molar-refractivity contribution in [1.82, 2.24) is 5.32 Å². The number of nitrogens with two attached hydrogens (primary N) is 1. The Labute approximate surface area is 104 Å². The Balaban J connectivity index is 2.71. The Morgan fingerprint density at radius 2 is 2.29 bits per heavy atom. The SMILES string of the molecule is CC(O)C(N)CNC(=O)c1c(F)cccc1Cl. The van der Waals surface area contributed by atoms with E-state index in [1.807, 2.05) is 0 Å². The molecule has 0 aliphatic heterocycles. The Morgan fingerprint density at radius 3 is 2.82 bits per heavy atom. The van der Waals surface area contributed by atoms with E-state index < -0.39 is 23.9 Å². The number of rotatable bonds is 4. The van der Waals surface area contributed by atoms with Gasteiger partial charge in [0.25, 0.3) is 5.91 Å². The van der Waals surface area contributed by atoms with Crippen molar-refractivity contribution in [3.8, 4) is 0 Å². The van der Waals surface area contributed by atoms with Gasteiger partial charge in [-0.25, -0.2) is 4.39 Å². The van der Waals surface area contributed by atoms with Crippen LogP contribution < -0.4 is 11.1 Å². The van der Waals surface area contributed by atoms with Gasteiger partial charge in [0.15, 0.2) is 0 Å². The number of carbonyl (C=O) groups excluding carboxylic acids is 1. The van der Waals surface area contributed by atoms with Gasteiger partial charge >= 0.3 is 0 Å². The van der Waals surface area contributed by atoms with Gasteiger partial charge in [-0.3, -0.25) is 4.79 Å². The summed E-state index contributed by atoms with van der Waals surface area (Å²) in [6, 6.07) is 3.38. The fourth-order valence-corrected chi connectivity index (χ4v) is 1.43. The van der Waals surface area contributed by atoms with Crippen molar-refractivity contribution < 1.29 is 14.3 Å². The first-order valence-corrected chi connectivity index (χ1v) is 5.47. The van der Waals surface area contributed by atoms with Crippen LogP contribution in [-0.2, 0) is 0 Å². The standard InChI is InChI=1S/C11H14ClFN2O2/c1-6(16)9(14)5-15-11(17)10-7(12)3-2-4-8(10)13/h2-4,6,9,16H,5,14H2,1H3,(H,15,17). The maximum Gasteiger partial charge on any atom is 0.255 e. The molecule has 0 aromatic heterocycles. The summed E-state index contributed by atoms with van der Waals surface area (Å²) in [5, 5.41) is 11.6. The second kappa shape index (κ2) is 5.95. The van der Waals surface area contributed by atoms with Crippen LogP contribution in [0.4, 0.5) is 4.39 Å². The van der Waals surface area contributed by atoms with Gasteiger partial charge in [0.2, 0.25) is 0 Å². The molecule has 4 N–H and O–H groups in total. The van der Waals surface area contributed by atoms with Crippen LogP contribution in [0.15, 0.2) is 18.2 Å². The Bertz CT molecular complexity index is 392. The molecular weight excluding hydrogens is 247 g/mol. The highest BCUT2D eigenvalue weighted by atomic mass is 35.5. The number of halogens is 2. The van der Waals surface area contributed by atoms with Crippen LogP contribution in [0.3, 0.4) is 0 Å². The van der Waals surface area contributed by atoms with Gasteiger partial charge in [-0.1, -0.05) is 17.7 Å². The molecule has 0 fully saturated rings. The van der Waals surface area contributed by atoms with Crippen molar-refractivity contribution >= 4 is 17.5 Å². The van der Waals surface area contributed by atoms with E-state index in [2.05, 4.69) is 5.32 Å². The number of carbonyl (C=O) groups is 1. The molecule has 94 valence electrons. The lowest BCUT2D eigenvalue weighted by molar-refractivity contribution is 0.0934. The molecule has 1 aromatic rings. The third kappa shape index (κ3) is 3.66. The van der Waals surface area contributed by atoms with Crippen LogP contribution in [-0.4, -0.2) is 29.7 Å². The maximum atomic E-state index is 13.4. The summed E-state index contributed by atoms with van der Waals surface area (Å²) in [7, 11) is 0. The maximum absolute atomic E-state index is 13.4. The molecule has 1 rings (SSSR count). The lowest BCUT2D eigenvalue weighted by Gasteiger charge is -2.15. The second-order valence-electron chi connectivity index (χ2n) is 3.71. The molecule has 0 spiro atoms. The zero-order valence-corrected chi connectivity index (χ0v) is 10.0. The zero-order valence-electron chi connectivity index (χ0n) is 9.28. The van der Waals surface area contributed by atoms with Gasteiger partial charge in [0.05, 0.1) is 16.7 Å². The van der Waals surface area contributed by atoms with Gasteiger partial charge in [0.1, 0.15) is 5.82 Å². The van der Waals surface area contributed by atoms with Crippen molar-refractivity contribution in [3.05, 3.63) is 34.6 Å². The number of benzene rings is 1. The fraction of sp³-hybridized carbons (Fsp3) is 0.364. The minimum atomic E-state index is -0.758. The smallest absolute Gasteiger partial charge is 0.255 e. The Morgan fingerprint density at radius 1 is 1.65 bits per heavy atom. The molecule has 0 radical (unpaired) electrons. The van der Waals surface area contributed by atoms with Gasteiger partial charge in [0, 0.05) is 12.6 Å². The van der Waals surface area contributed by atoms with Crippen molar-refractivity contribution in [3.63, 3.8) is 0 Å². The van der Waals surface area contributed by atoms with Gasteiger partial charge in [-0.05, 0) is 19.1 Å². The van der Waals surface area contributed by atoms with E-state index in [0.29, 0.717) is 0 Å². The number of amides is 1. The molecule has 0 saturated carbocycles. The summed E-state index contributed by atoms with van der Waals surface area (Å²) < 4.78 is 13.4. The molecule has 1 amide bonds. The molecule has 0 aliphatic rings. The van der Waals surface area contributed by atoms with E-state index in [9.17, 15) is 9.18 Å². The summed E-state index contributed by atoms with van der Waals surface area (Å²) in [5.74, 6) is -1.34. The molecule has 0 heterocycles. The van der Waals surface area contributed by atoms with E-state index in [1.165, 1.54) is 19.1 Å². The van der Waals surface area contributed by atoms with Gasteiger partial charge in [-0.2, -0.15) is 0 Å².